The molecule has 0 aromatic heterocycles. The molecule has 7 atom stereocenters. The number of hydrogen-bond donors (Lipinski definition) is 12. The maximum Gasteiger partial charge on any atom is 0.323 e. The Morgan fingerprint density at radius 2 is 1.31 bits per heavy atom. The highest BCUT2D eigenvalue weighted by Crippen LogP contribution is 2.21. The lowest BCUT2D eigenvalue weighted by atomic mass is 10.0. The van der Waals surface area contributed by atoms with Crippen LogP contribution in [0.15, 0.2) is 34.3 Å². The monoisotopic (exact) mass is 945 g/mol. The molecule has 1 aliphatic heterocycles. The number of nitrogens with two attached hydrogens (primary N) is 5. The number of carbonyl (C=O) groups is 8. The molecule has 1 heterocycles. The number of aromatic hydroxyl groups is 1. The van der Waals surface area contributed by atoms with Gasteiger partial charge in [0.1, 0.15) is 48.5 Å². The summed E-state index contributed by atoms with van der Waals surface area (Å²) in [6, 6.07) is -1.38. The molecule has 17 N–H and O–H groups in total. The van der Waals surface area contributed by atoms with Crippen molar-refractivity contribution < 1.29 is 48.6 Å². The van der Waals surface area contributed by atoms with E-state index in [1.54, 1.807) is 6.92 Å². The second kappa shape index (κ2) is 29.0. The number of carboxylic acid groups (broad SMARTS) is 1. The molecular formula is C43H72N14O10. The zero-order valence-corrected chi connectivity index (χ0v) is 39.0. The van der Waals surface area contributed by atoms with Crippen LogP contribution in [-0.4, -0.2) is 155 Å². The molecule has 1 aromatic carbocycles. The van der Waals surface area contributed by atoms with Crippen molar-refractivity contribution in [2.45, 2.75) is 128 Å². The van der Waals surface area contributed by atoms with Gasteiger partial charge in [-0.25, -0.2) is 0 Å². The number of likely N-dealkylation sites (tertiary alicyclic amines) is 1. The van der Waals surface area contributed by atoms with E-state index in [1.807, 2.05) is 13.8 Å². The lowest BCUT2D eigenvalue weighted by Crippen LogP contribution is -2.60. The third kappa shape index (κ3) is 20.1. The molecule has 0 saturated carbocycles. The third-order valence-corrected chi connectivity index (χ3v) is 11.0. The van der Waals surface area contributed by atoms with Crippen molar-refractivity contribution in [2.75, 3.05) is 39.3 Å². The number of rotatable bonds is 29. The standard InChI is InChI=1S/C43H72N14O10/c1-5-10-29(36(62)54-32(21-27-14-16-28(59)17-15-27)38(64)55-33(22-44)40(66)56(24-35(60)61)23-25(3)6-2)52-37(63)30(11-7-18-49-42(45)46)53-39(65)34-13-9-20-57(34)41(67)31(51-26(4)58)12-8-19-50-43(47)48/h14-17,25,29-34,59H,5-13,18-24,44H2,1-4H3,(H,51,58)(H,52,63)(H,53,65)(H,54,62)(H,55,64)(H,60,61)(H4,45,46,49)(H4,47,48,50)/t25?,29-,30-,31-,32-,33-,34-/m0/s1. The van der Waals surface area contributed by atoms with E-state index in [0.29, 0.717) is 31.2 Å². The summed E-state index contributed by atoms with van der Waals surface area (Å²) in [4.78, 5) is 118. The van der Waals surface area contributed by atoms with Gasteiger partial charge in [0.15, 0.2) is 11.9 Å². The van der Waals surface area contributed by atoms with Crippen LogP contribution in [0.5, 0.6) is 5.75 Å². The van der Waals surface area contributed by atoms with Crippen LogP contribution in [-0.2, 0) is 44.8 Å². The van der Waals surface area contributed by atoms with Gasteiger partial charge >= 0.3 is 5.97 Å². The molecule has 0 spiro atoms. The number of phenols is 1. The Hall–Kier alpha value is -6.72. The van der Waals surface area contributed by atoms with Gasteiger partial charge in [-0.2, -0.15) is 0 Å². The van der Waals surface area contributed by atoms with Gasteiger partial charge in [-0.05, 0) is 68.6 Å². The van der Waals surface area contributed by atoms with Crippen molar-refractivity contribution in [3.63, 3.8) is 0 Å². The maximum atomic E-state index is 14.1. The van der Waals surface area contributed by atoms with Crippen LogP contribution in [0.1, 0.15) is 91.0 Å². The Balaban J connectivity index is 2.40. The van der Waals surface area contributed by atoms with Gasteiger partial charge in [0, 0.05) is 46.1 Å². The highest BCUT2D eigenvalue weighted by molar-refractivity contribution is 5.97. The van der Waals surface area contributed by atoms with Gasteiger partial charge in [-0.15, -0.1) is 0 Å². The summed E-state index contributed by atoms with van der Waals surface area (Å²) in [5.41, 5.74) is 28.3. The van der Waals surface area contributed by atoms with E-state index < -0.39 is 96.7 Å². The number of amides is 7. The average molecular weight is 945 g/mol. The number of phenolic OH excluding ortho intramolecular Hbond substituents is 1. The fourth-order valence-electron chi connectivity index (χ4n) is 7.34. The molecule has 0 radical (unpaired) electrons. The predicted octanol–water partition coefficient (Wildman–Crippen LogP) is -2.81. The van der Waals surface area contributed by atoms with E-state index in [4.69, 9.17) is 28.7 Å². The summed E-state index contributed by atoms with van der Waals surface area (Å²) in [5.74, 6) is -6.38. The molecule has 24 nitrogen and oxygen atoms in total. The number of guanidine groups is 2. The SMILES string of the molecule is CCC[C@H](NC(=O)[C@H](CCCN=C(N)N)NC(=O)[C@@H]1CCCN1C(=O)[C@H](CCCN=C(N)N)NC(C)=O)C(=O)N[C@@H](Cc1ccc(O)cc1)C(=O)N[C@@H](CN)C(=O)N(CC(=O)O)CC(C)CC. The molecule has 2 rings (SSSR count). The van der Waals surface area contributed by atoms with Crippen LogP contribution in [0.25, 0.3) is 0 Å². The molecule has 1 fully saturated rings. The summed E-state index contributed by atoms with van der Waals surface area (Å²) >= 11 is 0. The topological polar surface area (TPSA) is 398 Å². The molecule has 67 heavy (non-hydrogen) atoms. The van der Waals surface area contributed by atoms with E-state index in [1.165, 1.54) is 36.1 Å². The first-order chi connectivity index (χ1) is 31.7. The molecule has 1 unspecified atom stereocenters. The highest BCUT2D eigenvalue weighted by Gasteiger charge is 2.39. The minimum absolute atomic E-state index is 0.00507. The number of hydrogen-bond acceptors (Lipinski definition) is 12. The van der Waals surface area contributed by atoms with Crippen LogP contribution in [0.4, 0.5) is 0 Å². The zero-order chi connectivity index (χ0) is 50.2. The molecule has 374 valence electrons. The molecular weight excluding hydrogens is 873 g/mol. The van der Waals surface area contributed by atoms with Crippen molar-refractivity contribution in [2.24, 2.45) is 44.6 Å². The normalized spacial score (nSPS) is 15.8. The van der Waals surface area contributed by atoms with Crippen LogP contribution >= 0.6 is 0 Å². The number of carboxylic acids is 1. The number of aliphatic imine (C=N–C) groups is 2. The molecule has 24 heteroatoms. The van der Waals surface area contributed by atoms with E-state index >= 15 is 0 Å². The number of aliphatic carboxylic acids is 1. The van der Waals surface area contributed by atoms with Crippen molar-refractivity contribution in [3.05, 3.63) is 29.8 Å². The molecule has 1 aromatic rings. The smallest absolute Gasteiger partial charge is 0.323 e. The Kier molecular flexibility index (Phi) is 24.4. The van der Waals surface area contributed by atoms with Gasteiger partial charge < -0.3 is 75.3 Å². The first kappa shape index (κ1) is 56.4. The Morgan fingerprint density at radius 1 is 0.776 bits per heavy atom. The van der Waals surface area contributed by atoms with Crippen LogP contribution in [0, 0.1) is 5.92 Å². The molecule has 1 aliphatic rings. The largest absolute Gasteiger partial charge is 0.508 e. The van der Waals surface area contributed by atoms with Crippen LogP contribution < -0.4 is 55.3 Å². The van der Waals surface area contributed by atoms with Crippen LogP contribution in [0.2, 0.25) is 0 Å². The second-order valence-electron chi connectivity index (χ2n) is 16.6. The summed E-state index contributed by atoms with van der Waals surface area (Å²) < 4.78 is 0. The first-order valence-corrected chi connectivity index (χ1v) is 22.6. The number of nitrogens with one attached hydrogen (secondary N) is 5. The Labute approximate surface area is 391 Å². The summed E-state index contributed by atoms with van der Waals surface area (Å²) in [7, 11) is 0. The van der Waals surface area contributed by atoms with E-state index in [0.717, 1.165) is 4.90 Å². The quantitative estimate of drug-likeness (QED) is 0.0219. The summed E-state index contributed by atoms with van der Waals surface area (Å²) in [5, 5.41) is 32.8. The minimum Gasteiger partial charge on any atom is -0.508 e. The van der Waals surface area contributed by atoms with Crippen molar-refractivity contribution in [1.29, 1.82) is 0 Å². The van der Waals surface area contributed by atoms with E-state index in [-0.39, 0.29) is 88.3 Å². The van der Waals surface area contributed by atoms with E-state index in [2.05, 4.69) is 36.6 Å². The van der Waals surface area contributed by atoms with Gasteiger partial charge in [0.2, 0.25) is 41.4 Å². The fourth-order valence-corrected chi connectivity index (χ4v) is 7.34. The summed E-state index contributed by atoms with van der Waals surface area (Å²) in [6.45, 7) is 6.34. The van der Waals surface area contributed by atoms with Crippen LogP contribution in [0.3, 0.4) is 0 Å². The minimum atomic E-state index is -1.37. The Bertz CT molecular complexity index is 1890. The van der Waals surface area contributed by atoms with Crippen molar-refractivity contribution in [3.8, 4) is 5.75 Å². The maximum absolute atomic E-state index is 14.1. The van der Waals surface area contributed by atoms with Gasteiger partial charge in [0.25, 0.3) is 0 Å². The molecule has 1 saturated heterocycles. The number of carbonyl (C=O) groups excluding carboxylic acids is 7. The Morgan fingerprint density at radius 3 is 1.84 bits per heavy atom. The number of nitrogens with zero attached hydrogens (tertiary/aromatic N) is 4. The zero-order valence-electron chi connectivity index (χ0n) is 39.0. The number of benzene rings is 1. The average Bonchev–Trinajstić information content (AvgIpc) is 3.77. The van der Waals surface area contributed by atoms with Crippen molar-refractivity contribution >= 4 is 59.2 Å². The van der Waals surface area contributed by atoms with Crippen molar-refractivity contribution in [1.82, 2.24) is 36.4 Å². The summed E-state index contributed by atoms with van der Waals surface area (Å²) in [6.07, 6.45) is 2.46. The third-order valence-electron chi connectivity index (χ3n) is 11.0. The fraction of sp³-hybridized carbons (Fsp3) is 0.628. The second-order valence-corrected chi connectivity index (χ2v) is 16.6. The first-order valence-electron chi connectivity index (χ1n) is 22.6. The lowest BCUT2D eigenvalue weighted by Gasteiger charge is -2.30. The van der Waals surface area contributed by atoms with Gasteiger partial charge in [-0.1, -0.05) is 45.7 Å². The van der Waals surface area contributed by atoms with Gasteiger partial charge in [0.05, 0.1) is 0 Å². The molecule has 7 amide bonds. The van der Waals surface area contributed by atoms with Gasteiger partial charge in [-0.3, -0.25) is 48.3 Å². The highest BCUT2D eigenvalue weighted by atomic mass is 16.4. The molecule has 0 aliphatic carbocycles. The lowest BCUT2D eigenvalue weighted by molar-refractivity contribution is -0.146. The molecule has 0 bridgehead atoms. The van der Waals surface area contributed by atoms with E-state index in [9.17, 15) is 48.6 Å². The predicted molar refractivity (Wildman–Crippen MR) is 249 cm³/mol.